The normalized spacial score (nSPS) is 25.5. The van der Waals surface area contributed by atoms with Gasteiger partial charge >= 0.3 is 6.09 Å². The average Bonchev–Trinajstić information content (AvgIpc) is 2.84. The Balaban J connectivity index is 1.81. The monoisotopic (exact) mass is 328 g/mol. The van der Waals surface area contributed by atoms with Crippen LogP contribution < -0.4 is 9.80 Å². The van der Waals surface area contributed by atoms with Gasteiger partial charge in [-0.25, -0.2) is 9.18 Å². The van der Waals surface area contributed by atoms with E-state index in [1.165, 1.54) is 11.0 Å². The molecule has 0 aliphatic carbocycles. The van der Waals surface area contributed by atoms with Crippen LogP contribution in [0.15, 0.2) is 18.2 Å². The Morgan fingerprint density at radius 3 is 2.68 bits per heavy atom. The molecule has 2 heterocycles. The molecule has 2 aliphatic rings. The number of hydrogen-bond donors (Lipinski definition) is 2. The summed E-state index contributed by atoms with van der Waals surface area (Å²) in [5.74, 6) is -0.409. The highest BCUT2D eigenvalue weighted by Gasteiger charge is 2.43. The zero-order chi connectivity index (χ0) is 15.7. The lowest BCUT2D eigenvalue weighted by molar-refractivity contribution is 0.0751. The van der Waals surface area contributed by atoms with Crippen LogP contribution in [0.3, 0.4) is 0 Å². The fraction of sp³-hybridized carbons (Fsp3) is 0.500. The minimum Gasteiger partial charge on any atom is -0.427 e. The third-order valence-corrected chi connectivity index (χ3v) is 4.12. The molecule has 0 spiro atoms. The van der Waals surface area contributed by atoms with Gasteiger partial charge in [0.15, 0.2) is 4.93 Å². The number of carbonyl (C=O) groups excluding carboxylic acids is 1. The summed E-state index contributed by atoms with van der Waals surface area (Å²) in [5.41, 5.74) is 0.864. The number of halogens is 1. The Kier molecular flexibility index (Phi) is 4.16. The topological polar surface area (TPSA) is 62.2 Å². The van der Waals surface area contributed by atoms with E-state index in [-0.39, 0.29) is 6.54 Å². The van der Waals surface area contributed by atoms with Crippen molar-refractivity contribution >= 4 is 30.1 Å². The molecule has 2 saturated heterocycles. The molecular weight excluding hydrogens is 311 g/mol. The van der Waals surface area contributed by atoms with Crippen LogP contribution >= 0.6 is 12.6 Å². The molecule has 0 aromatic heterocycles. The van der Waals surface area contributed by atoms with E-state index in [1.54, 1.807) is 12.1 Å². The average molecular weight is 328 g/mol. The summed E-state index contributed by atoms with van der Waals surface area (Å²) in [7, 11) is 0. The molecule has 0 saturated carbocycles. The first-order chi connectivity index (χ1) is 10.5. The quantitative estimate of drug-likeness (QED) is 0.818. The van der Waals surface area contributed by atoms with Gasteiger partial charge in [-0.3, -0.25) is 4.90 Å². The maximum absolute atomic E-state index is 14.4. The van der Waals surface area contributed by atoms with Crippen molar-refractivity contribution in [1.29, 1.82) is 0 Å². The highest BCUT2D eigenvalue weighted by atomic mass is 32.1. The number of nitrogens with zero attached hydrogens (tertiary/aromatic N) is 2. The van der Waals surface area contributed by atoms with Crippen LogP contribution in [0.2, 0.25) is 0 Å². The van der Waals surface area contributed by atoms with E-state index < -0.39 is 23.5 Å². The van der Waals surface area contributed by atoms with Crippen LogP contribution in [0.5, 0.6) is 0 Å². The highest BCUT2D eigenvalue weighted by molar-refractivity contribution is 7.81. The van der Waals surface area contributed by atoms with E-state index in [9.17, 15) is 14.3 Å². The molecule has 1 aromatic carbocycles. The second-order valence-electron chi connectivity index (χ2n) is 5.29. The lowest BCUT2D eigenvalue weighted by atomic mass is 10.2. The minimum atomic E-state index is -1.25. The van der Waals surface area contributed by atoms with Crippen molar-refractivity contribution in [2.24, 2.45) is 0 Å². The molecule has 22 heavy (non-hydrogen) atoms. The van der Waals surface area contributed by atoms with Crippen molar-refractivity contribution in [1.82, 2.24) is 0 Å². The van der Waals surface area contributed by atoms with Crippen molar-refractivity contribution < 1.29 is 23.8 Å². The summed E-state index contributed by atoms with van der Waals surface area (Å²) < 4.78 is 24.6. The molecule has 2 aliphatic heterocycles. The number of morpholine rings is 1. The number of amides is 1. The lowest BCUT2D eigenvalue weighted by Gasteiger charge is -2.29. The van der Waals surface area contributed by atoms with Gasteiger partial charge in [0, 0.05) is 13.1 Å². The first-order valence-corrected chi connectivity index (χ1v) is 7.43. The van der Waals surface area contributed by atoms with Gasteiger partial charge in [-0.05, 0) is 18.2 Å². The van der Waals surface area contributed by atoms with Crippen LogP contribution in [-0.4, -0.2) is 55.6 Å². The SMILES string of the molecule is O=C1O[C@@](S)(CO)CN1c1ccc(N2CCOCC2)c(F)c1. The van der Waals surface area contributed by atoms with Gasteiger partial charge in [-0.2, -0.15) is 0 Å². The van der Waals surface area contributed by atoms with Crippen molar-refractivity contribution in [3.63, 3.8) is 0 Å². The van der Waals surface area contributed by atoms with Crippen LogP contribution in [0.1, 0.15) is 0 Å². The molecule has 1 amide bonds. The smallest absolute Gasteiger partial charge is 0.416 e. The van der Waals surface area contributed by atoms with E-state index in [1.807, 2.05) is 4.90 Å². The molecule has 1 atom stereocenters. The summed E-state index contributed by atoms with van der Waals surface area (Å²) in [4.78, 5) is 13.8. The van der Waals surface area contributed by atoms with Gasteiger partial charge in [-0.1, -0.05) is 0 Å². The number of anilines is 2. The Morgan fingerprint density at radius 2 is 2.09 bits per heavy atom. The second-order valence-corrected chi connectivity index (χ2v) is 6.11. The van der Waals surface area contributed by atoms with Crippen molar-refractivity contribution in [3.05, 3.63) is 24.0 Å². The second kappa shape index (κ2) is 5.94. The van der Waals surface area contributed by atoms with E-state index in [4.69, 9.17) is 9.47 Å². The summed E-state index contributed by atoms with van der Waals surface area (Å²) in [6, 6.07) is 4.59. The molecule has 0 radical (unpaired) electrons. The van der Waals surface area contributed by atoms with Gasteiger partial charge in [0.2, 0.25) is 0 Å². The van der Waals surface area contributed by atoms with Crippen molar-refractivity contribution in [3.8, 4) is 0 Å². The summed E-state index contributed by atoms with van der Waals surface area (Å²) in [6.07, 6.45) is -0.650. The number of cyclic esters (lactones) is 1. The Morgan fingerprint density at radius 1 is 1.36 bits per heavy atom. The maximum atomic E-state index is 14.4. The van der Waals surface area contributed by atoms with Crippen LogP contribution in [0, 0.1) is 5.82 Å². The highest BCUT2D eigenvalue weighted by Crippen LogP contribution is 2.32. The summed E-state index contributed by atoms with van der Waals surface area (Å²) >= 11 is 4.13. The summed E-state index contributed by atoms with van der Waals surface area (Å²) in [5, 5.41) is 9.20. The number of aliphatic hydroxyl groups excluding tert-OH is 1. The Labute approximate surface area is 132 Å². The largest absolute Gasteiger partial charge is 0.427 e. The van der Waals surface area contributed by atoms with E-state index >= 15 is 0 Å². The van der Waals surface area contributed by atoms with Gasteiger partial charge in [-0.15, -0.1) is 12.6 Å². The molecule has 2 fully saturated rings. The van der Waals surface area contributed by atoms with Gasteiger partial charge < -0.3 is 19.5 Å². The number of carbonyl (C=O) groups is 1. The van der Waals surface area contributed by atoms with E-state index in [2.05, 4.69) is 12.6 Å². The van der Waals surface area contributed by atoms with Crippen LogP contribution in [0.25, 0.3) is 0 Å². The number of benzene rings is 1. The lowest BCUT2D eigenvalue weighted by Crippen LogP contribution is -2.37. The van der Waals surface area contributed by atoms with Gasteiger partial charge in [0.05, 0.1) is 37.7 Å². The van der Waals surface area contributed by atoms with E-state index in [0.29, 0.717) is 37.7 Å². The van der Waals surface area contributed by atoms with Crippen molar-refractivity contribution in [2.75, 3.05) is 49.3 Å². The molecule has 1 N–H and O–H groups in total. The molecule has 0 unspecified atom stereocenters. The predicted molar refractivity (Wildman–Crippen MR) is 82.1 cm³/mol. The first-order valence-electron chi connectivity index (χ1n) is 6.98. The molecule has 0 bridgehead atoms. The zero-order valence-electron chi connectivity index (χ0n) is 11.9. The van der Waals surface area contributed by atoms with E-state index in [0.717, 1.165) is 0 Å². The molecule has 3 rings (SSSR count). The standard InChI is InChI=1S/C14H17FN2O4S/c15-11-7-10(17-8-14(22,9-18)21-13(17)19)1-2-12(11)16-3-5-20-6-4-16/h1-2,7,18,22H,3-6,8-9H2/t14-/m0/s1. The molecule has 1 aromatic rings. The van der Waals surface area contributed by atoms with Gasteiger partial charge in [0.25, 0.3) is 0 Å². The Bertz CT molecular complexity index is 582. The molecule has 120 valence electrons. The molecule has 8 heteroatoms. The van der Waals surface area contributed by atoms with Crippen molar-refractivity contribution in [2.45, 2.75) is 4.93 Å². The third kappa shape index (κ3) is 2.86. The van der Waals surface area contributed by atoms with Crippen LogP contribution in [-0.2, 0) is 9.47 Å². The fourth-order valence-electron chi connectivity index (χ4n) is 2.56. The molecule has 6 nitrogen and oxygen atoms in total. The number of ether oxygens (including phenoxy) is 2. The summed E-state index contributed by atoms with van der Waals surface area (Å²) in [6.45, 7) is 2.05. The first kappa shape index (κ1) is 15.4. The zero-order valence-corrected chi connectivity index (χ0v) is 12.8. The predicted octanol–water partition coefficient (Wildman–Crippen LogP) is 1.24. The van der Waals surface area contributed by atoms with Gasteiger partial charge in [0.1, 0.15) is 5.82 Å². The molecular formula is C14H17FN2O4S. The maximum Gasteiger partial charge on any atom is 0.416 e. The number of rotatable bonds is 3. The number of thiol groups is 1. The minimum absolute atomic E-state index is 0.0573. The Hall–Kier alpha value is -1.51. The fourth-order valence-corrected chi connectivity index (χ4v) is 2.78. The number of aliphatic hydroxyl groups is 1. The number of hydrogen-bond acceptors (Lipinski definition) is 6. The van der Waals surface area contributed by atoms with Crippen LogP contribution in [0.4, 0.5) is 20.6 Å². The third-order valence-electron chi connectivity index (χ3n) is 3.74.